The van der Waals surface area contributed by atoms with Gasteiger partial charge >= 0.3 is 11.9 Å². The van der Waals surface area contributed by atoms with Gasteiger partial charge in [0.25, 0.3) is 0 Å². The highest BCUT2D eigenvalue weighted by atomic mass is 35.7. The lowest BCUT2D eigenvalue weighted by molar-refractivity contribution is -0.156. The van der Waals surface area contributed by atoms with Crippen LogP contribution >= 0.6 is 10.7 Å². The van der Waals surface area contributed by atoms with E-state index in [-0.39, 0.29) is 0 Å². The van der Waals surface area contributed by atoms with Crippen molar-refractivity contribution in [3.63, 3.8) is 0 Å². The zero-order valence-corrected chi connectivity index (χ0v) is 8.40. The second-order valence-electron chi connectivity index (χ2n) is 1.77. The van der Waals surface area contributed by atoms with Gasteiger partial charge in [0.05, 0.1) is 6.26 Å². The van der Waals surface area contributed by atoms with Crippen molar-refractivity contribution in [2.75, 3.05) is 6.26 Å². The minimum absolute atomic E-state index is 0.562. The molecule has 0 saturated heterocycles. The van der Waals surface area contributed by atoms with Crippen molar-refractivity contribution < 1.29 is 22.7 Å². The Hall–Kier alpha value is -0.620. The summed E-state index contributed by atoms with van der Waals surface area (Å²) in [5, 5.41) is 0. The van der Waals surface area contributed by atoms with Gasteiger partial charge in [0.2, 0.25) is 9.05 Å². The molecule has 0 bridgehead atoms. The second kappa shape index (κ2) is 5.96. The summed E-state index contributed by atoms with van der Waals surface area (Å²) in [7, 11) is 1.31. The van der Waals surface area contributed by atoms with Crippen LogP contribution in [0.15, 0.2) is 0 Å². The maximum atomic E-state index is 9.81. The molecule has 72 valence electrons. The Kier molecular flexibility index (Phi) is 6.92. The minimum Gasteiger partial charge on any atom is -0.394 e. The summed E-state index contributed by atoms with van der Waals surface area (Å²) in [5.74, 6) is -1.12. The van der Waals surface area contributed by atoms with E-state index >= 15 is 0 Å². The van der Waals surface area contributed by atoms with Crippen molar-refractivity contribution in [1.82, 2.24) is 0 Å². The number of carbonyl (C=O) groups excluding carboxylic acids is 2. The highest BCUT2D eigenvalue weighted by molar-refractivity contribution is 8.13. The van der Waals surface area contributed by atoms with E-state index in [0.717, 1.165) is 6.26 Å². The third-order valence-corrected chi connectivity index (χ3v) is 0.287. The van der Waals surface area contributed by atoms with Crippen LogP contribution in [0.2, 0.25) is 0 Å². The van der Waals surface area contributed by atoms with Gasteiger partial charge in [-0.1, -0.05) is 0 Å². The summed E-state index contributed by atoms with van der Waals surface area (Å²) in [6, 6.07) is 0. The Morgan fingerprint density at radius 1 is 1.17 bits per heavy atom. The molecule has 0 fully saturated rings. The molecule has 0 radical (unpaired) electrons. The molecule has 5 nitrogen and oxygen atoms in total. The molecule has 0 heterocycles. The van der Waals surface area contributed by atoms with Crippen LogP contribution in [0.4, 0.5) is 0 Å². The van der Waals surface area contributed by atoms with Crippen LogP contribution in [0.25, 0.3) is 0 Å². The molecular formula is C5H9ClO5S. The smallest absolute Gasteiger partial charge is 0.310 e. The van der Waals surface area contributed by atoms with Gasteiger partial charge < -0.3 is 4.74 Å². The largest absolute Gasteiger partial charge is 0.394 e. The van der Waals surface area contributed by atoms with Crippen molar-refractivity contribution in [2.45, 2.75) is 13.8 Å². The number of ether oxygens (including phenoxy) is 1. The minimum atomic E-state index is -3.19. The predicted octanol–water partition coefficient (Wildman–Crippen LogP) is 0.281. The third kappa shape index (κ3) is 57.7. The van der Waals surface area contributed by atoms with Gasteiger partial charge in [-0.25, -0.2) is 8.42 Å². The standard InChI is InChI=1S/C4H6O3.CH3ClO2S/c1-3(5)7-4(2)6;1-5(2,3)4/h1-2H3;1H3. The summed E-state index contributed by atoms with van der Waals surface area (Å²) in [6.45, 7) is 2.36. The number of carbonyl (C=O) groups is 2. The summed E-state index contributed by atoms with van der Waals surface area (Å²) in [5.41, 5.74) is 0. The first-order chi connectivity index (χ1) is 5.13. The van der Waals surface area contributed by atoms with Gasteiger partial charge in [-0.05, 0) is 0 Å². The fourth-order valence-corrected chi connectivity index (χ4v) is 0.202. The lowest BCUT2D eigenvalue weighted by atomic mass is 10.7. The lowest BCUT2D eigenvalue weighted by Crippen LogP contribution is -2.03. The molecule has 7 heteroatoms. The van der Waals surface area contributed by atoms with E-state index in [4.69, 9.17) is 0 Å². The van der Waals surface area contributed by atoms with Crippen LogP contribution in [-0.2, 0) is 23.4 Å². The van der Waals surface area contributed by atoms with E-state index < -0.39 is 21.0 Å². The molecule has 0 aliphatic carbocycles. The summed E-state index contributed by atoms with van der Waals surface area (Å²) in [6.07, 6.45) is 0.925. The van der Waals surface area contributed by atoms with Crippen molar-refractivity contribution in [3.05, 3.63) is 0 Å². The molecule has 0 aromatic heterocycles. The number of hydrogen-bond donors (Lipinski definition) is 0. The van der Waals surface area contributed by atoms with Crippen LogP contribution in [0, 0.1) is 0 Å². The lowest BCUT2D eigenvalue weighted by Gasteiger charge is -1.87. The van der Waals surface area contributed by atoms with E-state index in [2.05, 4.69) is 15.4 Å². The first-order valence-corrected chi connectivity index (χ1v) is 5.43. The quantitative estimate of drug-likeness (QED) is 0.330. The molecule has 0 aromatic carbocycles. The zero-order valence-electron chi connectivity index (χ0n) is 6.83. The van der Waals surface area contributed by atoms with Crippen LogP contribution in [-0.4, -0.2) is 26.6 Å². The fourth-order valence-electron chi connectivity index (χ4n) is 0.202. The Balaban J connectivity index is 0. The number of esters is 2. The van der Waals surface area contributed by atoms with Gasteiger partial charge in [0.15, 0.2) is 0 Å². The highest BCUT2D eigenvalue weighted by Crippen LogP contribution is 1.83. The Labute approximate surface area is 75.1 Å². The van der Waals surface area contributed by atoms with E-state index in [1.54, 1.807) is 0 Å². The van der Waals surface area contributed by atoms with E-state index in [9.17, 15) is 18.0 Å². The monoisotopic (exact) mass is 216 g/mol. The Bertz CT molecular complexity index is 235. The van der Waals surface area contributed by atoms with E-state index in [0.29, 0.717) is 0 Å². The highest BCUT2D eigenvalue weighted by Gasteiger charge is 1.93. The van der Waals surface area contributed by atoms with E-state index in [1.165, 1.54) is 13.8 Å². The molecule has 0 aromatic rings. The second-order valence-corrected chi connectivity index (χ2v) is 4.81. The van der Waals surface area contributed by atoms with Crippen molar-refractivity contribution in [3.8, 4) is 0 Å². The average molecular weight is 217 g/mol. The molecule has 0 atom stereocenters. The van der Waals surface area contributed by atoms with Crippen molar-refractivity contribution in [1.29, 1.82) is 0 Å². The first kappa shape index (κ1) is 13.9. The SMILES string of the molecule is CC(=O)OC(C)=O.CS(=O)(=O)Cl. The number of rotatable bonds is 0. The van der Waals surface area contributed by atoms with Crippen molar-refractivity contribution >= 4 is 31.7 Å². The van der Waals surface area contributed by atoms with Crippen LogP contribution in [0.1, 0.15) is 13.8 Å². The van der Waals surface area contributed by atoms with Crippen LogP contribution in [0.5, 0.6) is 0 Å². The summed E-state index contributed by atoms with van der Waals surface area (Å²) in [4.78, 5) is 19.6. The van der Waals surface area contributed by atoms with Gasteiger partial charge in [-0.2, -0.15) is 0 Å². The zero-order chi connectivity index (χ0) is 10.4. The van der Waals surface area contributed by atoms with Gasteiger partial charge in [-0.15, -0.1) is 0 Å². The topological polar surface area (TPSA) is 77.5 Å². The first-order valence-electron chi connectivity index (χ1n) is 2.71. The maximum absolute atomic E-state index is 9.81. The van der Waals surface area contributed by atoms with Crippen LogP contribution < -0.4 is 0 Å². The predicted molar refractivity (Wildman–Crippen MR) is 43.1 cm³/mol. The molecular weight excluding hydrogens is 208 g/mol. The fraction of sp³-hybridized carbons (Fsp3) is 0.600. The molecule has 12 heavy (non-hydrogen) atoms. The maximum Gasteiger partial charge on any atom is 0.310 e. The molecule has 0 saturated carbocycles. The number of hydrogen-bond acceptors (Lipinski definition) is 5. The molecule has 0 N–H and O–H groups in total. The molecule has 0 spiro atoms. The summed E-state index contributed by atoms with van der Waals surface area (Å²) < 4.78 is 22.8. The van der Waals surface area contributed by atoms with Crippen molar-refractivity contribution in [2.24, 2.45) is 0 Å². The molecule has 0 rings (SSSR count). The van der Waals surface area contributed by atoms with Gasteiger partial charge in [0.1, 0.15) is 0 Å². The molecule has 0 amide bonds. The Morgan fingerprint density at radius 2 is 1.33 bits per heavy atom. The van der Waals surface area contributed by atoms with Gasteiger partial charge in [0, 0.05) is 24.5 Å². The summed E-state index contributed by atoms with van der Waals surface area (Å²) >= 11 is 0. The Morgan fingerprint density at radius 3 is 1.33 bits per heavy atom. The normalized spacial score (nSPS) is 9.33. The third-order valence-electron chi connectivity index (χ3n) is 0.287. The number of halogens is 1. The molecule has 0 unspecified atom stereocenters. The van der Waals surface area contributed by atoms with Gasteiger partial charge in [-0.3, -0.25) is 9.59 Å². The molecule has 0 aliphatic rings. The average Bonchev–Trinajstić information content (AvgIpc) is 1.52. The van der Waals surface area contributed by atoms with Crippen LogP contribution in [0.3, 0.4) is 0 Å². The van der Waals surface area contributed by atoms with E-state index in [1.807, 2.05) is 0 Å². The molecule has 0 aliphatic heterocycles.